The van der Waals surface area contributed by atoms with Gasteiger partial charge in [-0.2, -0.15) is 0 Å². The smallest absolute Gasteiger partial charge is 0.247 e. The van der Waals surface area contributed by atoms with E-state index in [1.165, 1.54) is 0 Å². The van der Waals surface area contributed by atoms with Crippen LogP contribution in [0, 0.1) is 11.8 Å². The molecule has 0 aliphatic heterocycles. The molecule has 0 aliphatic rings. The molecular formula is C20H33N3O2. The molecule has 0 saturated carbocycles. The Hall–Kier alpha value is -2.04. The molecule has 0 aromatic heterocycles. The SMILES string of the molecule is CCN(CC)c1ccc(NC(=O)C(NC(=O)CC(C)C)C(C)C)cc1. The van der Waals surface area contributed by atoms with Crippen LogP contribution >= 0.6 is 0 Å². The summed E-state index contributed by atoms with van der Waals surface area (Å²) in [6.45, 7) is 14.0. The highest BCUT2D eigenvalue weighted by Crippen LogP contribution is 2.18. The summed E-state index contributed by atoms with van der Waals surface area (Å²) < 4.78 is 0. The predicted octanol–water partition coefficient (Wildman–Crippen LogP) is 3.66. The first-order valence-corrected chi connectivity index (χ1v) is 9.23. The van der Waals surface area contributed by atoms with E-state index in [1.54, 1.807) is 0 Å². The van der Waals surface area contributed by atoms with Crippen molar-refractivity contribution in [1.29, 1.82) is 0 Å². The number of anilines is 2. The van der Waals surface area contributed by atoms with Crippen LogP contribution in [0.1, 0.15) is 48.0 Å². The number of nitrogens with zero attached hydrogens (tertiary/aromatic N) is 1. The maximum absolute atomic E-state index is 12.6. The topological polar surface area (TPSA) is 61.4 Å². The average Bonchev–Trinajstić information content (AvgIpc) is 2.54. The van der Waals surface area contributed by atoms with E-state index in [0.29, 0.717) is 6.42 Å². The predicted molar refractivity (Wildman–Crippen MR) is 105 cm³/mol. The Kier molecular flexibility index (Phi) is 8.46. The van der Waals surface area contributed by atoms with Gasteiger partial charge in [-0.1, -0.05) is 27.7 Å². The van der Waals surface area contributed by atoms with Crippen molar-refractivity contribution in [2.24, 2.45) is 11.8 Å². The standard InChI is InChI=1S/C20H33N3O2/c1-7-23(8-2)17-11-9-16(10-12-17)21-20(25)19(15(5)6)22-18(24)13-14(3)4/h9-12,14-15,19H,7-8,13H2,1-6H3,(H,21,25)(H,22,24). The summed E-state index contributed by atoms with van der Waals surface area (Å²) in [6, 6.07) is 7.28. The molecule has 140 valence electrons. The van der Waals surface area contributed by atoms with Crippen molar-refractivity contribution in [3.63, 3.8) is 0 Å². The fourth-order valence-electron chi connectivity index (χ4n) is 2.70. The van der Waals surface area contributed by atoms with Crippen LogP contribution in [0.5, 0.6) is 0 Å². The number of carbonyl (C=O) groups is 2. The van der Waals surface area contributed by atoms with Crippen molar-refractivity contribution in [3.8, 4) is 0 Å². The molecule has 0 aliphatic carbocycles. The van der Waals surface area contributed by atoms with Crippen LogP contribution in [0.2, 0.25) is 0 Å². The van der Waals surface area contributed by atoms with Crippen molar-refractivity contribution in [2.45, 2.75) is 54.0 Å². The van der Waals surface area contributed by atoms with Crippen LogP contribution in [-0.2, 0) is 9.59 Å². The molecule has 0 bridgehead atoms. The Balaban J connectivity index is 2.75. The second-order valence-electron chi connectivity index (χ2n) is 7.10. The Morgan fingerprint density at radius 2 is 1.56 bits per heavy atom. The molecule has 5 heteroatoms. The Morgan fingerprint density at radius 1 is 1.00 bits per heavy atom. The summed E-state index contributed by atoms with van der Waals surface area (Å²) in [5, 5.41) is 5.77. The minimum absolute atomic E-state index is 0.0195. The van der Waals surface area contributed by atoms with Crippen LogP contribution in [0.4, 0.5) is 11.4 Å². The summed E-state index contributed by atoms with van der Waals surface area (Å²) in [5.41, 5.74) is 1.87. The lowest BCUT2D eigenvalue weighted by Gasteiger charge is -2.23. The number of nitrogens with one attached hydrogen (secondary N) is 2. The van der Waals surface area contributed by atoms with Crippen molar-refractivity contribution in [1.82, 2.24) is 5.32 Å². The maximum Gasteiger partial charge on any atom is 0.247 e. The van der Waals surface area contributed by atoms with Crippen LogP contribution in [-0.4, -0.2) is 30.9 Å². The van der Waals surface area contributed by atoms with Crippen LogP contribution < -0.4 is 15.5 Å². The molecule has 2 amide bonds. The molecule has 1 unspecified atom stereocenters. The van der Waals surface area contributed by atoms with Crippen LogP contribution in [0.3, 0.4) is 0 Å². The molecule has 5 nitrogen and oxygen atoms in total. The molecule has 25 heavy (non-hydrogen) atoms. The monoisotopic (exact) mass is 347 g/mol. The van der Waals surface area contributed by atoms with Gasteiger partial charge in [0.1, 0.15) is 6.04 Å². The minimum Gasteiger partial charge on any atom is -0.372 e. The Labute approximate surface area is 152 Å². The second-order valence-corrected chi connectivity index (χ2v) is 7.10. The molecule has 0 heterocycles. The Bertz CT molecular complexity index is 549. The lowest BCUT2D eigenvalue weighted by molar-refractivity contribution is -0.127. The minimum atomic E-state index is -0.534. The van der Waals surface area contributed by atoms with E-state index >= 15 is 0 Å². The summed E-state index contributed by atoms with van der Waals surface area (Å²) in [7, 11) is 0. The largest absolute Gasteiger partial charge is 0.372 e. The van der Waals surface area contributed by atoms with Gasteiger partial charge in [0, 0.05) is 30.9 Å². The first-order valence-electron chi connectivity index (χ1n) is 9.23. The third kappa shape index (κ3) is 6.77. The average molecular weight is 348 g/mol. The van der Waals surface area contributed by atoms with Crippen molar-refractivity contribution >= 4 is 23.2 Å². The molecule has 2 N–H and O–H groups in total. The van der Waals surface area contributed by atoms with Crippen LogP contribution in [0.15, 0.2) is 24.3 Å². The number of rotatable bonds is 9. The highest BCUT2D eigenvalue weighted by molar-refractivity contribution is 5.97. The quantitative estimate of drug-likeness (QED) is 0.717. The molecule has 1 aromatic carbocycles. The van der Waals surface area contributed by atoms with E-state index < -0.39 is 6.04 Å². The van der Waals surface area contributed by atoms with Gasteiger partial charge >= 0.3 is 0 Å². The third-order valence-electron chi connectivity index (χ3n) is 4.12. The maximum atomic E-state index is 12.6. The molecule has 0 fully saturated rings. The lowest BCUT2D eigenvalue weighted by Crippen LogP contribution is -2.47. The molecule has 1 atom stereocenters. The number of amides is 2. The van der Waals surface area contributed by atoms with Gasteiger partial charge in [-0.15, -0.1) is 0 Å². The zero-order valence-corrected chi connectivity index (χ0v) is 16.4. The first kappa shape index (κ1) is 21.0. The molecule has 1 rings (SSSR count). The van der Waals surface area contributed by atoms with E-state index in [2.05, 4.69) is 29.4 Å². The van der Waals surface area contributed by atoms with Crippen molar-refractivity contribution in [2.75, 3.05) is 23.3 Å². The first-order chi connectivity index (χ1) is 11.8. The van der Waals surface area contributed by atoms with Gasteiger partial charge in [0.2, 0.25) is 11.8 Å². The zero-order valence-electron chi connectivity index (χ0n) is 16.4. The summed E-state index contributed by atoms with van der Waals surface area (Å²) in [6.07, 6.45) is 0.426. The number of benzene rings is 1. The van der Waals surface area contributed by atoms with E-state index in [4.69, 9.17) is 0 Å². The zero-order chi connectivity index (χ0) is 19.0. The van der Waals surface area contributed by atoms with E-state index in [0.717, 1.165) is 24.5 Å². The van der Waals surface area contributed by atoms with Gasteiger partial charge in [0.25, 0.3) is 0 Å². The summed E-state index contributed by atoms with van der Waals surface area (Å²) >= 11 is 0. The molecule has 0 radical (unpaired) electrons. The fourth-order valence-corrected chi connectivity index (χ4v) is 2.70. The highest BCUT2D eigenvalue weighted by atomic mass is 16.2. The number of hydrogen-bond acceptors (Lipinski definition) is 3. The van der Waals surface area contributed by atoms with Crippen molar-refractivity contribution < 1.29 is 9.59 Å². The molecule has 1 aromatic rings. The molecule has 0 saturated heterocycles. The van der Waals surface area contributed by atoms with Gasteiger partial charge in [0.05, 0.1) is 0 Å². The van der Waals surface area contributed by atoms with Gasteiger partial charge in [-0.05, 0) is 49.9 Å². The summed E-state index contributed by atoms with van der Waals surface area (Å²) in [5.74, 6) is 0.0259. The summed E-state index contributed by atoms with van der Waals surface area (Å²) in [4.78, 5) is 26.8. The van der Waals surface area contributed by atoms with Gasteiger partial charge < -0.3 is 15.5 Å². The van der Waals surface area contributed by atoms with Gasteiger partial charge in [-0.25, -0.2) is 0 Å². The number of hydrogen-bond donors (Lipinski definition) is 2. The van der Waals surface area contributed by atoms with Gasteiger partial charge in [0.15, 0.2) is 0 Å². The van der Waals surface area contributed by atoms with Crippen LogP contribution in [0.25, 0.3) is 0 Å². The number of carbonyl (C=O) groups excluding carboxylic acids is 2. The van der Waals surface area contributed by atoms with E-state index in [-0.39, 0.29) is 23.7 Å². The molecular weight excluding hydrogens is 314 g/mol. The van der Waals surface area contributed by atoms with Crippen molar-refractivity contribution in [3.05, 3.63) is 24.3 Å². The second kappa shape index (κ2) is 10.1. The van der Waals surface area contributed by atoms with Gasteiger partial charge in [-0.3, -0.25) is 9.59 Å². The lowest BCUT2D eigenvalue weighted by atomic mass is 10.0. The fraction of sp³-hybridized carbons (Fsp3) is 0.600. The highest BCUT2D eigenvalue weighted by Gasteiger charge is 2.24. The van der Waals surface area contributed by atoms with E-state index in [1.807, 2.05) is 52.0 Å². The normalized spacial score (nSPS) is 12.2. The Morgan fingerprint density at radius 3 is 2.00 bits per heavy atom. The van der Waals surface area contributed by atoms with E-state index in [9.17, 15) is 9.59 Å². The third-order valence-corrected chi connectivity index (χ3v) is 4.12. The molecule has 0 spiro atoms.